The summed E-state index contributed by atoms with van der Waals surface area (Å²) in [6.07, 6.45) is 0. The molecule has 5 nitrogen and oxygen atoms in total. The third kappa shape index (κ3) is 3.25. The van der Waals surface area contributed by atoms with Crippen molar-refractivity contribution in [3.05, 3.63) is 47.8 Å². The highest BCUT2D eigenvalue weighted by Gasteiger charge is 2.16. The first-order valence-electron chi connectivity index (χ1n) is 5.90. The van der Waals surface area contributed by atoms with Crippen molar-refractivity contribution in [1.82, 2.24) is 4.98 Å². The number of halogens is 2. The molecule has 21 heavy (non-hydrogen) atoms. The van der Waals surface area contributed by atoms with Gasteiger partial charge in [-0.15, -0.1) is 0 Å². The van der Waals surface area contributed by atoms with E-state index in [0.717, 1.165) is 12.1 Å². The van der Waals surface area contributed by atoms with Crippen molar-refractivity contribution in [2.24, 2.45) is 0 Å². The zero-order chi connectivity index (χ0) is 15.4. The predicted octanol–water partition coefficient (Wildman–Crippen LogP) is 2.63. The first kappa shape index (κ1) is 14.7. The van der Waals surface area contributed by atoms with Gasteiger partial charge in [-0.25, -0.2) is 0 Å². The van der Waals surface area contributed by atoms with Crippen LogP contribution in [-0.4, -0.2) is 25.1 Å². The largest absolute Gasteiger partial charge is 0.497 e. The smallest absolute Gasteiger partial charge is 0.259 e. The van der Waals surface area contributed by atoms with Gasteiger partial charge in [-0.1, -0.05) is 0 Å². The Balaban J connectivity index is 2.28. The Labute approximate surface area is 119 Å². The molecule has 1 aromatic carbocycles. The summed E-state index contributed by atoms with van der Waals surface area (Å²) < 4.78 is 36.2. The molecule has 0 aliphatic heterocycles. The number of carbonyl (C=O) groups is 1. The minimum atomic E-state index is -1.10. The van der Waals surface area contributed by atoms with Crippen LogP contribution >= 0.6 is 0 Å². The van der Waals surface area contributed by atoms with Gasteiger partial charge in [0.25, 0.3) is 5.91 Å². The normalized spacial score (nSPS) is 10.1. The monoisotopic (exact) mass is 294 g/mol. The lowest BCUT2D eigenvalue weighted by atomic mass is 10.1. The number of pyridine rings is 1. The molecule has 7 heteroatoms. The van der Waals surface area contributed by atoms with Gasteiger partial charge in [0.15, 0.2) is 0 Å². The van der Waals surface area contributed by atoms with Crippen LogP contribution in [0.5, 0.6) is 11.5 Å². The fraction of sp³-hybridized carbons (Fsp3) is 0.143. The summed E-state index contributed by atoms with van der Waals surface area (Å²) in [5.74, 6) is -1.90. The van der Waals surface area contributed by atoms with Gasteiger partial charge in [-0.3, -0.25) is 4.79 Å². The van der Waals surface area contributed by atoms with Crippen LogP contribution in [0, 0.1) is 11.9 Å². The van der Waals surface area contributed by atoms with Crippen LogP contribution in [0.2, 0.25) is 0 Å². The first-order chi connectivity index (χ1) is 10.0. The molecule has 0 spiro atoms. The zero-order valence-electron chi connectivity index (χ0n) is 11.3. The summed E-state index contributed by atoms with van der Waals surface area (Å²) in [5, 5.41) is 2.30. The molecule has 0 bridgehead atoms. The molecule has 2 rings (SSSR count). The van der Waals surface area contributed by atoms with Crippen LogP contribution in [0.1, 0.15) is 10.4 Å². The van der Waals surface area contributed by atoms with E-state index in [2.05, 4.69) is 10.3 Å². The fourth-order valence-corrected chi connectivity index (χ4v) is 1.68. The highest BCUT2D eigenvalue weighted by atomic mass is 19.1. The van der Waals surface area contributed by atoms with E-state index in [4.69, 9.17) is 9.47 Å². The number of nitrogens with zero attached hydrogens (tertiary/aromatic N) is 1. The number of amides is 1. The number of nitrogens with one attached hydrogen (secondary N) is 1. The molecular formula is C14H12F2N2O3. The third-order valence-corrected chi connectivity index (χ3v) is 2.72. The van der Waals surface area contributed by atoms with Crippen LogP contribution in [0.3, 0.4) is 0 Å². The Morgan fingerprint density at radius 1 is 1.14 bits per heavy atom. The van der Waals surface area contributed by atoms with Gasteiger partial charge in [0.1, 0.15) is 11.5 Å². The van der Waals surface area contributed by atoms with Gasteiger partial charge in [0.05, 0.1) is 25.5 Å². The van der Waals surface area contributed by atoms with Crippen LogP contribution in [0.15, 0.2) is 30.3 Å². The lowest BCUT2D eigenvalue weighted by Gasteiger charge is -2.11. The molecule has 1 N–H and O–H groups in total. The van der Waals surface area contributed by atoms with E-state index < -0.39 is 17.8 Å². The van der Waals surface area contributed by atoms with E-state index in [-0.39, 0.29) is 17.0 Å². The van der Waals surface area contributed by atoms with Crippen molar-refractivity contribution >= 4 is 11.6 Å². The second-order valence-electron chi connectivity index (χ2n) is 3.99. The molecule has 0 fully saturated rings. The second kappa shape index (κ2) is 6.17. The summed E-state index contributed by atoms with van der Waals surface area (Å²) >= 11 is 0. The second-order valence-corrected chi connectivity index (χ2v) is 3.99. The van der Waals surface area contributed by atoms with Crippen LogP contribution in [0.4, 0.5) is 14.5 Å². The number of hydrogen-bond donors (Lipinski definition) is 1. The van der Waals surface area contributed by atoms with Crippen molar-refractivity contribution in [3.63, 3.8) is 0 Å². The van der Waals surface area contributed by atoms with Crippen LogP contribution in [-0.2, 0) is 0 Å². The third-order valence-electron chi connectivity index (χ3n) is 2.72. The van der Waals surface area contributed by atoms with E-state index in [1.807, 2.05) is 0 Å². The maximum Gasteiger partial charge on any atom is 0.259 e. The summed E-state index contributed by atoms with van der Waals surface area (Å²) in [5.41, 5.74) is -0.0405. The van der Waals surface area contributed by atoms with Crippen molar-refractivity contribution in [2.45, 2.75) is 0 Å². The molecule has 0 aliphatic rings. The van der Waals surface area contributed by atoms with Crippen molar-refractivity contribution in [2.75, 3.05) is 19.5 Å². The SMILES string of the molecule is COc1ccc(C(=O)Nc2ccc(F)nc2F)c(OC)c1. The fourth-order valence-electron chi connectivity index (χ4n) is 1.68. The van der Waals surface area contributed by atoms with Crippen molar-refractivity contribution < 1.29 is 23.0 Å². The van der Waals surface area contributed by atoms with E-state index >= 15 is 0 Å². The molecule has 0 saturated heterocycles. The number of aromatic nitrogens is 1. The summed E-state index contributed by atoms with van der Waals surface area (Å²) in [6, 6.07) is 6.60. The average Bonchev–Trinajstić information content (AvgIpc) is 2.49. The van der Waals surface area contributed by atoms with E-state index in [0.29, 0.717) is 5.75 Å². The molecule has 1 heterocycles. The number of rotatable bonds is 4. The van der Waals surface area contributed by atoms with Gasteiger partial charge in [-0.2, -0.15) is 13.8 Å². The number of carbonyl (C=O) groups excluding carboxylic acids is 1. The topological polar surface area (TPSA) is 60.5 Å². The molecule has 0 radical (unpaired) electrons. The number of ether oxygens (including phenoxy) is 2. The number of methoxy groups -OCH3 is 2. The first-order valence-corrected chi connectivity index (χ1v) is 5.90. The maximum absolute atomic E-state index is 13.4. The molecule has 0 unspecified atom stereocenters. The molecule has 0 aliphatic carbocycles. The highest BCUT2D eigenvalue weighted by Crippen LogP contribution is 2.25. The van der Waals surface area contributed by atoms with Gasteiger partial charge in [0.2, 0.25) is 11.9 Å². The Kier molecular flexibility index (Phi) is 4.32. The predicted molar refractivity (Wildman–Crippen MR) is 71.7 cm³/mol. The number of hydrogen-bond acceptors (Lipinski definition) is 4. The Morgan fingerprint density at radius 2 is 1.90 bits per heavy atom. The summed E-state index contributed by atoms with van der Waals surface area (Å²) in [6.45, 7) is 0. The lowest BCUT2D eigenvalue weighted by Crippen LogP contribution is -2.15. The molecular weight excluding hydrogens is 282 g/mol. The standard InChI is InChI=1S/C14H12F2N2O3/c1-20-8-3-4-9(11(7-8)21-2)14(19)17-10-5-6-12(15)18-13(10)16/h3-7H,1-2H3,(H,17,19). The zero-order valence-corrected chi connectivity index (χ0v) is 11.3. The number of benzene rings is 1. The van der Waals surface area contributed by atoms with E-state index in [1.54, 1.807) is 6.07 Å². The molecule has 1 amide bonds. The maximum atomic E-state index is 13.4. The van der Waals surface area contributed by atoms with Gasteiger partial charge in [-0.05, 0) is 24.3 Å². The molecule has 2 aromatic rings. The summed E-state index contributed by atoms with van der Waals surface area (Å²) in [4.78, 5) is 15.1. The lowest BCUT2D eigenvalue weighted by molar-refractivity contribution is 0.102. The minimum Gasteiger partial charge on any atom is -0.497 e. The molecule has 0 saturated carbocycles. The van der Waals surface area contributed by atoms with Gasteiger partial charge < -0.3 is 14.8 Å². The minimum absolute atomic E-state index is 0.182. The molecule has 0 atom stereocenters. The highest BCUT2D eigenvalue weighted by molar-refractivity contribution is 6.06. The average molecular weight is 294 g/mol. The number of anilines is 1. The Hall–Kier alpha value is -2.70. The van der Waals surface area contributed by atoms with E-state index in [9.17, 15) is 13.6 Å². The quantitative estimate of drug-likeness (QED) is 0.881. The van der Waals surface area contributed by atoms with E-state index in [1.165, 1.54) is 26.4 Å². The Morgan fingerprint density at radius 3 is 2.52 bits per heavy atom. The summed E-state index contributed by atoms with van der Waals surface area (Å²) in [7, 11) is 2.87. The van der Waals surface area contributed by atoms with Crippen LogP contribution < -0.4 is 14.8 Å². The van der Waals surface area contributed by atoms with Crippen molar-refractivity contribution in [3.8, 4) is 11.5 Å². The van der Waals surface area contributed by atoms with Crippen molar-refractivity contribution in [1.29, 1.82) is 0 Å². The Bertz CT molecular complexity index is 677. The molecule has 110 valence electrons. The van der Waals surface area contributed by atoms with Gasteiger partial charge in [0, 0.05) is 6.07 Å². The van der Waals surface area contributed by atoms with Crippen LogP contribution in [0.25, 0.3) is 0 Å². The van der Waals surface area contributed by atoms with Gasteiger partial charge >= 0.3 is 0 Å². The molecule has 1 aromatic heterocycles.